The molecule has 0 aliphatic carbocycles. The van der Waals surface area contributed by atoms with E-state index in [2.05, 4.69) is 10.6 Å². The van der Waals surface area contributed by atoms with E-state index in [1.54, 1.807) is 38.2 Å². The lowest BCUT2D eigenvalue weighted by molar-refractivity contribution is -0.137. The molecule has 8 nitrogen and oxygen atoms in total. The average Bonchev–Trinajstić information content (AvgIpc) is 3.03. The lowest BCUT2D eigenvalue weighted by Crippen LogP contribution is -2.59. The Bertz CT molecular complexity index is 1580. The Labute approximate surface area is 273 Å². The highest BCUT2D eigenvalue weighted by molar-refractivity contribution is 6.51. The van der Waals surface area contributed by atoms with Gasteiger partial charge in [-0.1, -0.05) is 59.6 Å². The molecule has 3 aromatic rings. The van der Waals surface area contributed by atoms with Crippen LogP contribution >= 0.6 is 23.2 Å². The Morgan fingerprint density at radius 3 is 2.24 bits per heavy atom. The number of carbonyl (C=O) groups is 3. The van der Waals surface area contributed by atoms with Gasteiger partial charge >= 0.3 is 6.18 Å². The first-order valence-electron chi connectivity index (χ1n) is 13.9. The molecule has 1 aliphatic rings. The largest absolute Gasteiger partial charge is 0.416 e. The van der Waals surface area contributed by atoms with Crippen LogP contribution in [-0.2, 0) is 15.8 Å². The summed E-state index contributed by atoms with van der Waals surface area (Å²) >= 11 is 9.72. The maximum Gasteiger partial charge on any atom is 0.416 e. The van der Waals surface area contributed by atoms with Crippen LogP contribution in [0, 0.1) is 5.82 Å². The van der Waals surface area contributed by atoms with E-state index in [-0.39, 0.29) is 24.5 Å². The van der Waals surface area contributed by atoms with Gasteiger partial charge in [-0.25, -0.2) is 9.38 Å². The number of nitrogens with zero attached hydrogens (tertiary/aromatic N) is 2. The molecule has 14 heteroatoms. The number of benzene rings is 3. The third kappa shape index (κ3) is 9.15. The van der Waals surface area contributed by atoms with Gasteiger partial charge in [0.05, 0.1) is 11.3 Å². The third-order valence-electron chi connectivity index (χ3n) is 6.76. The molecule has 1 heterocycles. The molecule has 46 heavy (non-hydrogen) atoms. The Morgan fingerprint density at radius 1 is 1.07 bits per heavy atom. The van der Waals surface area contributed by atoms with Crippen LogP contribution in [0.15, 0.2) is 95.1 Å². The second-order valence-electron chi connectivity index (χ2n) is 9.85. The predicted molar refractivity (Wildman–Crippen MR) is 169 cm³/mol. The number of nitrogens with one attached hydrogen (secondary N) is 2. The number of alkyl halides is 5. The zero-order valence-electron chi connectivity index (χ0n) is 24.7. The molecule has 2 unspecified atom stereocenters. The molecular formula is C32H31Cl2F4N5O3. The normalized spacial score (nSPS) is 18.6. The molecule has 4 N–H and O–H groups in total. The summed E-state index contributed by atoms with van der Waals surface area (Å²) in [6.07, 6.45) is -4.21. The van der Waals surface area contributed by atoms with Crippen LogP contribution in [0.2, 0.25) is 0 Å². The molecule has 0 radical (unpaired) electrons. The first kappa shape index (κ1) is 36.2. The number of nitrogens with two attached hydrogens (primary N) is 1. The van der Waals surface area contributed by atoms with Crippen molar-refractivity contribution in [2.75, 3.05) is 20.1 Å². The van der Waals surface area contributed by atoms with Gasteiger partial charge in [-0.05, 0) is 62.0 Å². The summed E-state index contributed by atoms with van der Waals surface area (Å²) in [4.78, 5) is 41.9. The van der Waals surface area contributed by atoms with Gasteiger partial charge in [0, 0.05) is 35.8 Å². The van der Waals surface area contributed by atoms with Gasteiger partial charge in [0.2, 0.25) is 0 Å². The van der Waals surface area contributed by atoms with Crippen molar-refractivity contribution in [1.29, 1.82) is 0 Å². The van der Waals surface area contributed by atoms with Crippen molar-refractivity contribution in [3.05, 3.63) is 113 Å². The van der Waals surface area contributed by atoms with Crippen LogP contribution in [-0.4, -0.2) is 59.9 Å². The number of hydrogen-bond acceptors (Lipinski definition) is 6. The van der Waals surface area contributed by atoms with E-state index in [0.717, 1.165) is 18.2 Å². The van der Waals surface area contributed by atoms with Crippen molar-refractivity contribution >= 4 is 52.8 Å². The van der Waals surface area contributed by atoms with Crippen molar-refractivity contribution in [1.82, 2.24) is 15.5 Å². The molecule has 2 amide bonds. The number of amidine groups is 1. The van der Waals surface area contributed by atoms with E-state index in [0.29, 0.717) is 28.8 Å². The lowest BCUT2D eigenvalue weighted by atomic mass is 9.78. The number of likely N-dealkylation sites (N-methyl/N-ethyl adjacent to an activating group) is 2. The maximum absolute atomic E-state index is 14.0. The fourth-order valence-electron chi connectivity index (χ4n) is 4.78. The van der Waals surface area contributed by atoms with Crippen LogP contribution in [0.4, 0.5) is 23.2 Å². The summed E-state index contributed by atoms with van der Waals surface area (Å²) in [7, 11) is 1.69. The highest BCUT2D eigenvalue weighted by Gasteiger charge is 2.46. The summed E-state index contributed by atoms with van der Waals surface area (Å²) in [5.74, 6) is -2.61. The summed E-state index contributed by atoms with van der Waals surface area (Å²) in [6.45, 7) is 2.09. The van der Waals surface area contributed by atoms with Gasteiger partial charge < -0.3 is 21.2 Å². The van der Waals surface area contributed by atoms with E-state index < -0.39 is 46.2 Å². The molecule has 0 saturated carbocycles. The molecule has 2 atom stereocenters. The molecule has 1 saturated heterocycles. The van der Waals surface area contributed by atoms with E-state index >= 15 is 0 Å². The number of piperidine rings is 1. The maximum atomic E-state index is 14.0. The molecule has 0 bridgehead atoms. The quantitative estimate of drug-likeness (QED) is 0.160. The number of aliphatic imine (C=N–C) groups is 1. The smallest absolute Gasteiger partial charge is 0.401 e. The molecule has 0 aromatic heterocycles. The number of halogens is 6. The van der Waals surface area contributed by atoms with Gasteiger partial charge in [0.25, 0.3) is 11.8 Å². The summed E-state index contributed by atoms with van der Waals surface area (Å²) in [6, 6.07) is 16.9. The Morgan fingerprint density at radius 2 is 1.70 bits per heavy atom. The highest BCUT2D eigenvalue weighted by Crippen LogP contribution is 2.38. The molecule has 1 aliphatic heterocycles. The molecule has 3 aromatic carbocycles. The van der Waals surface area contributed by atoms with Gasteiger partial charge in [-0.3, -0.25) is 14.5 Å². The van der Waals surface area contributed by atoms with Crippen molar-refractivity contribution in [3.63, 3.8) is 0 Å². The number of likely N-dealkylation sites (tertiary alicyclic amines) is 1. The minimum absolute atomic E-state index is 0.160. The van der Waals surface area contributed by atoms with Gasteiger partial charge in [0.15, 0.2) is 11.1 Å². The van der Waals surface area contributed by atoms with E-state index in [9.17, 15) is 31.9 Å². The first-order valence-corrected chi connectivity index (χ1v) is 14.7. The molecular weight excluding hydrogens is 649 g/mol. The van der Waals surface area contributed by atoms with Gasteiger partial charge in [-0.2, -0.15) is 13.2 Å². The third-order valence-corrected chi connectivity index (χ3v) is 6.97. The van der Waals surface area contributed by atoms with Crippen molar-refractivity contribution in [2.45, 2.75) is 29.9 Å². The fourth-order valence-corrected chi connectivity index (χ4v) is 4.78. The first-order chi connectivity index (χ1) is 21.8. The SMILES string of the molecule is CCN1C(=O)C(NC(=O)c2cccc(C(F)(F)F)c2)C(c2ccc(F)cc2)/C(=C(/N)CNC)C1=Nc1ccccc1.O=CC(Cl)Cl. The number of aldehydes is 1. The minimum Gasteiger partial charge on any atom is -0.401 e. The van der Waals surface area contributed by atoms with Crippen LogP contribution in [0.3, 0.4) is 0 Å². The lowest BCUT2D eigenvalue weighted by Gasteiger charge is -2.41. The Kier molecular flexibility index (Phi) is 12.9. The number of amides is 2. The Hall–Kier alpha value is -4.26. The van der Waals surface area contributed by atoms with E-state index in [1.165, 1.54) is 35.2 Å². The highest BCUT2D eigenvalue weighted by atomic mass is 35.5. The van der Waals surface area contributed by atoms with Crippen molar-refractivity contribution in [2.24, 2.45) is 10.7 Å². The Balaban J connectivity index is 0.00000107. The van der Waals surface area contributed by atoms with Crippen LogP contribution < -0.4 is 16.4 Å². The molecule has 4 rings (SSSR count). The summed E-state index contributed by atoms with van der Waals surface area (Å²) in [5, 5.41) is 5.63. The van der Waals surface area contributed by atoms with Crippen molar-refractivity contribution in [3.8, 4) is 0 Å². The zero-order valence-corrected chi connectivity index (χ0v) is 26.2. The molecule has 244 valence electrons. The van der Waals surface area contributed by atoms with Gasteiger partial charge in [-0.15, -0.1) is 0 Å². The fraction of sp³-hybridized carbons (Fsp3) is 0.250. The average molecular weight is 681 g/mol. The van der Waals surface area contributed by atoms with Crippen molar-refractivity contribution < 1.29 is 31.9 Å². The van der Waals surface area contributed by atoms with Crippen LogP contribution in [0.1, 0.15) is 34.3 Å². The number of hydrogen-bond donors (Lipinski definition) is 3. The summed E-state index contributed by atoms with van der Waals surface area (Å²) < 4.78 is 54.0. The predicted octanol–water partition coefficient (Wildman–Crippen LogP) is 5.74. The topological polar surface area (TPSA) is 117 Å². The van der Waals surface area contributed by atoms with Crippen LogP contribution in [0.5, 0.6) is 0 Å². The molecule has 0 spiro atoms. The zero-order chi connectivity index (χ0) is 34.0. The second kappa shape index (κ2) is 16.3. The monoisotopic (exact) mass is 679 g/mol. The second-order valence-corrected chi connectivity index (χ2v) is 11.0. The van der Waals surface area contributed by atoms with E-state index in [4.69, 9.17) is 33.9 Å². The van der Waals surface area contributed by atoms with Crippen LogP contribution in [0.25, 0.3) is 0 Å². The number of carbonyl (C=O) groups excluding carboxylic acids is 3. The minimum atomic E-state index is -4.66. The number of para-hydroxylation sites is 1. The molecule has 1 fully saturated rings. The standard InChI is InChI=1S/C30H29F4N5O2.C2H2Cl2O/c1-3-39-27(37-22-10-5-4-6-11-22)25(23(35)17-36-2)24(18-12-14-21(31)15-13-18)26(29(39)41)38-28(40)19-8-7-9-20(16-19)30(32,33)34;3-2(4)1-5/h4-16,24,26,36H,3,17,35H2,1-2H3,(H,38,40);1-2H/b25-23-,37-27?;. The summed E-state index contributed by atoms with van der Waals surface area (Å²) in [5.41, 5.74) is 7.06. The van der Waals surface area contributed by atoms with Gasteiger partial charge in [0.1, 0.15) is 17.7 Å². The number of rotatable bonds is 8. The van der Waals surface area contributed by atoms with E-state index in [1.807, 2.05) is 6.07 Å².